The van der Waals surface area contributed by atoms with Gasteiger partial charge in [0.15, 0.2) is 5.82 Å². The van der Waals surface area contributed by atoms with Gasteiger partial charge < -0.3 is 16.8 Å². The monoisotopic (exact) mass is 482 g/mol. The molecule has 0 radical (unpaired) electrons. The summed E-state index contributed by atoms with van der Waals surface area (Å²) in [6, 6.07) is 8.18. The van der Waals surface area contributed by atoms with Crippen molar-refractivity contribution in [3.05, 3.63) is 68.6 Å². The van der Waals surface area contributed by atoms with E-state index >= 15 is 0 Å². The quantitative estimate of drug-likeness (QED) is 0.389. The van der Waals surface area contributed by atoms with Gasteiger partial charge in [0.25, 0.3) is 5.56 Å². The third-order valence-electron chi connectivity index (χ3n) is 5.55. The largest absolute Gasteiger partial charge is 0.384 e. The molecular formula is C22H20Cl2N8O. The SMILES string of the molecule is Cc1nc(N)c(Cl)c(N[C@H](c2nc3cccc(Cl)c3c(=O)n2-c2ccc(N)nc2)C2CC2)n1. The Kier molecular flexibility index (Phi) is 5.30. The van der Waals surface area contributed by atoms with Gasteiger partial charge in [0.05, 0.1) is 33.9 Å². The van der Waals surface area contributed by atoms with Crippen LogP contribution in [0.1, 0.15) is 30.5 Å². The van der Waals surface area contributed by atoms with Gasteiger partial charge in [0, 0.05) is 0 Å². The molecule has 11 heteroatoms. The molecule has 0 spiro atoms. The van der Waals surface area contributed by atoms with E-state index in [1.54, 1.807) is 37.3 Å². The van der Waals surface area contributed by atoms with Crippen LogP contribution in [0.3, 0.4) is 0 Å². The van der Waals surface area contributed by atoms with Crippen LogP contribution in [0.5, 0.6) is 0 Å². The molecule has 1 aromatic carbocycles. The summed E-state index contributed by atoms with van der Waals surface area (Å²) in [6.45, 7) is 1.73. The highest BCUT2D eigenvalue weighted by Crippen LogP contribution is 2.43. The normalized spacial score (nSPS) is 14.4. The van der Waals surface area contributed by atoms with Gasteiger partial charge in [-0.05, 0) is 49.9 Å². The molecule has 1 saturated carbocycles. The molecule has 0 unspecified atom stereocenters. The Bertz CT molecular complexity index is 1430. The summed E-state index contributed by atoms with van der Waals surface area (Å²) in [4.78, 5) is 31.3. The maximum absolute atomic E-state index is 13.7. The fraction of sp³-hybridized carbons (Fsp3) is 0.227. The number of halogens is 2. The van der Waals surface area contributed by atoms with Crippen molar-refractivity contribution in [2.24, 2.45) is 5.92 Å². The molecule has 33 heavy (non-hydrogen) atoms. The number of pyridine rings is 1. The lowest BCUT2D eigenvalue weighted by Gasteiger charge is -2.24. The first kappa shape index (κ1) is 21.4. The molecule has 5 rings (SSSR count). The summed E-state index contributed by atoms with van der Waals surface area (Å²) in [7, 11) is 0. The lowest BCUT2D eigenvalue weighted by molar-refractivity contribution is 0.608. The maximum atomic E-state index is 13.7. The smallest absolute Gasteiger partial charge is 0.267 e. The van der Waals surface area contributed by atoms with Gasteiger partial charge in [-0.15, -0.1) is 0 Å². The Morgan fingerprint density at radius 2 is 1.91 bits per heavy atom. The van der Waals surface area contributed by atoms with Gasteiger partial charge in [-0.25, -0.2) is 19.9 Å². The Labute approximate surface area is 198 Å². The number of benzene rings is 1. The number of aryl methyl sites for hydroxylation is 1. The summed E-state index contributed by atoms with van der Waals surface area (Å²) in [5.41, 5.74) is 12.4. The van der Waals surface area contributed by atoms with Crippen LogP contribution in [0.4, 0.5) is 17.5 Å². The Hall–Kier alpha value is -3.43. The summed E-state index contributed by atoms with van der Waals surface area (Å²) >= 11 is 12.8. The minimum Gasteiger partial charge on any atom is -0.384 e. The topological polar surface area (TPSA) is 138 Å². The summed E-state index contributed by atoms with van der Waals surface area (Å²) in [5.74, 6) is 2.10. The molecule has 1 aliphatic rings. The summed E-state index contributed by atoms with van der Waals surface area (Å²) in [6.07, 6.45) is 3.45. The van der Waals surface area contributed by atoms with E-state index in [9.17, 15) is 4.79 Å². The van der Waals surface area contributed by atoms with E-state index < -0.39 is 0 Å². The predicted octanol–water partition coefficient (Wildman–Crippen LogP) is 3.91. The number of nitrogens with zero attached hydrogens (tertiary/aromatic N) is 5. The zero-order valence-electron chi connectivity index (χ0n) is 17.6. The molecule has 4 aromatic rings. The van der Waals surface area contributed by atoms with Crippen LogP contribution in [-0.2, 0) is 0 Å². The number of fused-ring (bicyclic) bond motifs is 1. The van der Waals surface area contributed by atoms with Crippen molar-refractivity contribution in [3.8, 4) is 5.69 Å². The third kappa shape index (κ3) is 3.94. The Morgan fingerprint density at radius 3 is 2.61 bits per heavy atom. The number of nitrogens with two attached hydrogens (primary N) is 2. The molecule has 0 aliphatic heterocycles. The lowest BCUT2D eigenvalue weighted by Crippen LogP contribution is -2.29. The summed E-state index contributed by atoms with van der Waals surface area (Å²) in [5, 5.41) is 4.25. The van der Waals surface area contributed by atoms with Gasteiger partial charge in [-0.3, -0.25) is 9.36 Å². The first-order valence-corrected chi connectivity index (χ1v) is 11.1. The van der Waals surface area contributed by atoms with E-state index in [4.69, 9.17) is 39.7 Å². The third-order valence-corrected chi connectivity index (χ3v) is 6.24. The van der Waals surface area contributed by atoms with Crippen molar-refractivity contribution < 1.29 is 0 Å². The highest BCUT2D eigenvalue weighted by molar-refractivity contribution is 6.35. The van der Waals surface area contributed by atoms with Crippen molar-refractivity contribution >= 4 is 51.6 Å². The molecule has 1 fully saturated rings. The second kappa shape index (κ2) is 8.17. The van der Waals surface area contributed by atoms with Crippen molar-refractivity contribution in [3.63, 3.8) is 0 Å². The van der Waals surface area contributed by atoms with Crippen LogP contribution in [0.25, 0.3) is 16.6 Å². The van der Waals surface area contributed by atoms with Gasteiger partial charge in [0.2, 0.25) is 0 Å². The minimum absolute atomic E-state index is 0.180. The zero-order chi connectivity index (χ0) is 23.3. The standard InChI is InChI=1S/C22H20Cl2N8O/c1-10-28-19(26)17(24)20(29-10)31-18(11-5-6-11)21-30-14-4-2-3-13(23)16(14)22(33)32(21)12-7-8-15(25)27-9-12/h2-4,7-9,11,18H,5-6H2,1H3,(H2,25,27)(H3,26,28,29,31)/t18-/m0/s1. The maximum Gasteiger partial charge on any atom is 0.267 e. The predicted molar refractivity (Wildman–Crippen MR) is 130 cm³/mol. The van der Waals surface area contributed by atoms with Crippen molar-refractivity contribution in [1.29, 1.82) is 0 Å². The van der Waals surface area contributed by atoms with E-state index in [0.717, 1.165) is 12.8 Å². The van der Waals surface area contributed by atoms with Crippen LogP contribution in [0, 0.1) is 12.8 Å². The number of hydrogen-bond donors (Lipinski definition) is 3. The van der Waals surface area contributed by atoms with E-state index in [2.05, 4.69) is 20.3 Å². The Balaban J connectivity index is 1.75. The highest BCUT2D eigenvalue weighted by Gasteiger charge is 2.37. The molecule has 0 amide bonds. The molecule has 1 aliphatic carbocycles. The van der Waals surface area contributed by atoms with Crippen molar-refractivity contribution in [2.45, 2.75) is 25.8 Å². The van der Waals surface area contributed by atoms with E-state index in [0.29, 0.717) is 44.9 Å². The molecule has 168 valence electrons. The summed E-state index contributed by atoms with van der Waals surface area (Å²) < 4.78 is 1.52. The van der Waals surface area contributed by atoms with Crippen molar-refractivity contribution in [1.82, 2.24) is 24.5 Å². The average Bonchev–Trinajstić information content (AvgIpc) is 3.61. The number of hydrogen-bond acceptors (Lipinski definition) is 8. The van der Waals surface area contributed by atoms with Crippen LogP contribution in [0.15, 0.2) is 41.3 Å². The number of nitrogen functional groups attached to an aromatic ring is 2. The van der Waals surface area contributed by atoms with Gasteiger partial charge >= 0.3 is 0 Å². The molecule has 3 aromatic heterocycles. The molecule has 0 bridgehead atoms. The Morgan fingerprint density at radius 1 is 1.12 bits per heavy atom. The van der Waals surface area contributed by atoms with E-state index in [1.165, 1.54) is 10.8 Å². The van der Waals surface area contributed by atoms with Crippen LogP contribution >= 0.6 is 23.2 Å². The molecular weight excluding hydrogens is 463 g/mol. The fourth-order valence-electron chi connectivity index (χ4n) is 3.84. The first-order valence-electron chi connectivity index (χ1n) is 10.3. The van der Waals surface area contributed by atoms with Gasteiger partial charge in [-0.2, -0.15) is 0 Å². The minimum atomic E-state index is -0.371. The van der Waals surface area contributed by atoms with Crippen molar-refractivity contribution in [2.75, 3.05) is 16.8 Å². The highest BCUT2D eigenvalue weighted by atomic mass is 35.5. The number of nitrogens with one attached hydrogen (secondary N) is 1. The number of anilines is 3. The van der Waals surface area contributed by atoms with Crippen LogP contribution < -0.4 is 22.3 Å². The molecule has 3 heterocycles. The molecule has 9 nitrogen and oxygen atoms in total. The van der Waals surface area contributed by atoms with Crippen LogP contribution in [-0.4, -0.2) is 24.5 Å². The van der Waals surface area contributed by atoms with Crippen LogP contribution in [0.2, 0.25) is 10.0 Å². The molecule has 5 N–H and O–H groups in total. The second-order valence-corrected chi connectivity index (χ2v) is 8.75. The number of rotatable bonds is 5. The lowest BCUT2D eigenvalue weighted by atomic mass is 10.1. The van der Waals surface area contributed by atoms with Gasteiger partial charge in [0.1, 0.15) is 28.3 Å². The van der Waals surface area contributed by atoms with E-state index in [1.807, 2.05) is 0 Å². The van der Waals surface area contributed by atoms with Gasteiger partial charge in [-0.1, -0.05) is 29.3 Å². The number of aromatic nitrogens is 5. The van der Waals surface area contributed by atoms with E-state index in [-0.39, 0.29) is 28.4 Å². The second-order valence-electron chi connectivity index (χ2n) is 7.96. The average molecular weight is 483 g/mol. The molecule has 0 saturated heterocycles. The first-order chi connectivity index (χ1) is 15.8. The fourth-order valence-corrected chi connectivity index (χ4v) is 4.23. The zero-order valence-corrected chi connectivity index (χ0v) is 19.1. The molecule has 1 atom stereocenters.